The van der Waals surface area contributed by atoms with Gasteiger partial charge in [-0.3, -0.25) is 0 Å². The Bertz CT molecular complexity index is 539. The van der Waals surface area contributed by atoms with E-state index in [1.807, 2.05) is 0 Å². The van der Waals surface area contributed by atoms with E-state index >= 15 is 0 Å². The molecular formula is C17H22O4. The Kier molecular flexibility index (Phi) is 2.61. The molecule has 0 aromatic heterocycles. The SMILES string of the molecule is CC(C(=O)O)=C(C(=O)O)C12C3CCC(C3)C1C1CCC2C1. The van der Waals surface area contributed by atoms with E-state index in [0.717, 1.165) is 25.7 Å². The van der Waals surface area contributed by atoms with Gasteiger partial charge in [-0.05, 0) is 75.0 Å². The molecule has 0 heterocycles. The average Bonchev–Trinajstić information content (AvgIpc) is 3.16. The van der Waals surface area contributed by atoms with Crippen molar-refractivity contribution in [1.29, 1.82) is 0 Å². The molecule has 4 bridgehead atoms. The van der Waals surface area contributed by atoms with Crippen LogP contribution in [-0.2, 0) is 9.59 Å². The molecule has 4 unspecified atom stereocenters. The summed E-state index contributed by atoms with van der Waals surface area (Å²) in [6, 6.07) is 0. The quantitative estimate of drug-likeness (QED) is 0.619. The number of hydrogen-bond acceptors (Lipinski definition) is 2. The fourth-order valence-electron chi connectivity index (χ4n) is 6.95. The molecule has 114 valence electrons. The Morgan fingerprint density at radius 2 is 1.43 bits per heavy atom. The highest BCUT2D eigenvalue weighted by Gasteiger charge is 2.71. The first-order valence-electron chi connectivity index (χ1n) is 8.15. The zero-order valence-corrected chi connectivity index (χ0v) is 12.3. The van der Waals surface area contributed by atoms with Crippen LogP contribution in [0.15, 0.2) is 11.1 Å². The van der Waals surface area contributed by atoms with E-state index in [9.17, 15) is 19.8 Å². The fraction of sp³-hybridized carbons (Fsp3) is 0.765. The van der Waals surface area contributed by atoms with Crippen LogP contribution in [0.25, 0.3) is 0 Å². The van der Waals surface area contributed by atoms with Crippen LogP contribution >= 0.6 is 0 Å². The minimum absolute atomic E-state index is 0.0765. The van der Waals surface area contributed by atoms with Gasteiger partial charge in [-0.1, -0.05) is 0 Å². The van der Waals surface area contributed by atoms with Crippen LogP contribution in [0, 0.1) is 35.0 Å². The Morgan fingerprint density at radius 1 is 0.905 bits per heavy atom. The summed E-state index contributed by atoms with van der Waals surface area (Å²) in [5.74, 6) is 0.482. The minimum atomic E-state index is -1.06. The highest BCUT2D eigenvalue weighted by molar-refractivity contribution is 5.99. The second-order valence-electron chi connectivity index (χ2n) is 7.61. The molecule has 0 amide bonds. The van der Waals surface area contributed by atoms with Crippen LogP contribution in [0.1, 0.15) is 45.4 Å². The third-order valence-electron chi connectivity index (χ3n) is 7.21. The second-order valence-corrected chi connectivity index (χ2v) is 7.61. The summed E-state index contributed by atoms with van der Waals surface area (Å²) in [5, 5.41) is 19.2. The number of carboxylic acid groups (broad SMARTS) is 2. The summed E-state index contributed by atoms with van der Waals surface area (Å²) >= 11 is 0. The minimum Gasteiger partial charge on any atom is -0.478 e. The number of hydrogen-bond donors (Lipinski definition) is 2. The van der Waals surface area contributed by atoms with Gasteiger partial charge in [0.25, 0.3) is 0 Å². The molecule has 4 nitrogen and oxygen atoms in total. The largest absolute Gasteiger partial charge is 0.478 e. The molecule has 21 heavy (non-hydrogen) atoms. The molecule has 4 aliphatic rings. The molecule has 4 rings (SSSR count). The molecule has 0 radical (unpaired) electrons. The van der Waals surface area contributed by atoms with Crippen molar-refractivity contribution in [2.45, 2.75) is 45.4 Å². The lowest BCUT2D eigenvalue weighted by atomic mass is 9.55. The van der Waals surface area contributed by atoms with Crippen molar-refractivity contribution in [3.8, 4) is 0 Å². The third-order valence-corrected chi connectivity index (χ3v) is 7.21. The Labute approximate surface area is 124 Å². The maximum atomic E-state index is 12.0. The topological polar surface area (TPSA) is 74.6 Å². The highest BCUT2D eigenvalue weighted by Crippen LogP contribution is 2.76. The zero-order chi connectivity index (χ0) is 14.9. The van der Waals surface area contributed by atoms with E-state index in [2.05, 4.69) is 0 Å². The van der Waals surface area contributed by atoms with Crippen molar-refractivity contribution in [2.24, 2.45) is 35.0 Å². The summed E-state index contributed by atoms with van der Waals surface area (Å²) < 4.78 is 0. The first-order valence-corrected chi connectivity index (χ1v) is 8.15. The maximum Gasteiger partial charge on any atom is 0.332 e. The molecule has 0 saturated heterocycles. The van der Waals surface area contributed by atoms with E-state index < -0.39 is 11.9 Å². The Hall–Kier alpha value is -1.32. The van der Waals surface area contributed by atoms with E-state index in [1.54, 1.807) is 0 Å². The summed E-state index contributed by atoms with van der Waals surface area (Å²) in [6.45, 7) is 1.50. The number of carboxylic acids is 2. The van der Waals surface area contributed by atoms with Gasteiger partial charge in [0.1, 0.15) is 0 Å². The van der Waals surface area contributed by atoms with E-state index in [-0.39, 0.29) is 16.6 Å². The van der Waals surface area contributed by atoms with E-state index in [4.69, 9.17) is 0 Å². The lowest BCUT2D eigenvalue weighted by molar-refractivity contribution is -0.138. The number of aliphatic carboxylic acids is 2. The number of rotatable bonds is 3. The van der Waals surface area contributed by atoms with Crippen LogP contribution < -0.4 is 0 Å². The monoisotopic (exact) mass is 290 g/mol. The Balaban J connectivity index is 1.93. The molecule has 4 fully saturated rings. The predicted octanol–water partition coefficient (Wildman–Crippen LogP) is 2.93. The van der Waals surface area contributed by atoms with Gasteiger partial charge in [0, 0.05) is 11.0 Å². The van der Waals surface area contributed by atoms with Gasteiger partial charge in [0.15, 0.2) is 0 Å². The van der Waals surface area contributed by atoms with Gasteiger partial charge in [-0.25, -0.2) is 9.59 Å². The zero-order valence-electron chi connectivity index (χ0n) is 12.3. The molecule has 2 N–H and O–H groups in total. The predicted molar refractivity (Wildman–Crippen MR) is 75.6 cm³/mol. The molecule has 4 aliphatic carbocycles. The van der Waals surface area contributed by atoms with Crippen molar-refractivity contribution < 1.29 is 19.8 Å². The lowest BCUT2D eigenvalue weighted by Crippen LogP contribution is -2.45. The Morgan fingerprint density at radius 3 is 1.86 bits per heavy atom. The van der Waals surface area contributed by atoms with Gasteiger partial charge in [0.2, 0.25) is 0 Å². The molecule has 0 spiro atoms. The molecule has 0 aromatic rings. The number of carbonyl (C=O) groups is 2. The normalized spacial score (nSPS) is 47.4. The van der Waals surface area contributed by atoms with Crippen LogP contribution in [0.3, 0.4) is 0 Å². The van der Waals surface area contributed by atoms with Gasteiger partial charge < -0.3 is 10.2 Å². The van der Waals surface area contributed by atoms with Gasteiger partial charge in [-0.15, -0.1) is 0 Å². The lowest BCUT2D eigenvalue weighted by Gasteiger charge is -2.48. The molecule has 0 aromatic carbocycles. The van der Waals surface area contributed by atoms with Crippen molar-refractivity contribution in [1.82, 2.24) is 0 Å². The van der Waals surface area contributed by atoms with E-state index in [0.29, 0.717) is 29.6 Å². The van der Waals surface area contributed by atoms with Crippen LogP contribution in [0.5, 0.6) is 0 Å². The first-order chi connectivity index (χ1) is 9.97. The third kappa shape index (κ3) is 1.41. The van der Waals surface area contributed by atoms with Crippen molar-refractivity contribution in [3.05, 3.63) is 11.1 Å². The fourth-order valence-corrected chi connectivity index (χ4v) is 6.95. The first kappa shape index (κ1) is 13.4. The van der Waals surface area contributed by atoms with E-state index in [1.165, 1.54) is 19.8 Å². The van der Waals surface area contributed by atoms with Gasteiger partial charge >= 0.3 is 11.9 Å². The van der Waals surface area contributed by atoms with Crippen molar-refractivity contribution in [2.75, 3.05) is 0 Å². The highest BCUT2D eigenvalue weighted by atomic mass is 16.4. The smallest absolute Gasteiger partial charge is 0.332 e. The van der Waals surface area contributed by atoms with Gasteiger partial charge in [-0.2, -0.15) is 0 Å². The maximum absolute atomic E-state index is 12.0. The van der Waals surface area contributed by atoms with Crippen LogP contribution in [0.4, 0.5) is 0 Å². The van der Waals surface area contributed by atoms with Crippen LogP contribution in [-0.4, -0.2) is 22.2 Å². The molecule has 4 atom stereocenters. The summed E-state index contributed by atoms with van der Waals surface area (Å²) in [5.41, 5.74) is 0.0205. The van der Waals surface area contributed by atoms with Gasteiger partial charge in [0.05, 0.1) is 5.57 Å². The number of fused-ring (bicyclic) bond motifs is 9. The van der Waals surface area contributed by atoms with Crippen molar-refractivity contribution >= 4 is 11.9 Å². The standard InChI is InChI=1S/C17H22O4/c1-8(15(18)19)13(16(20)21)17-11-4-2-9(6-11)14(17)10-3-5-12(17)7-10/h9-12,14H,2-7H2,1H3,(H,18,19)(H,20,21). The summed E-state index contributed by atoms with van der Waals surface area (Å²) in [7, 11) is 0. The molecule has 0 aliphatic heterocycles. The summed E-state index contributed by atoms with van der Waals surface area (Å²) in [6.07, 6.45) is 6.88. The molecular weight excluding hydrogens is 268 g/mol. The average molecular weight is 290 g/mol. The van der Waals surface area contributed by atoms with Crippen molar-refractivity contribution in [3.63, 3.8) is 0 Å². The second kappa shape index (κ2) is 4.11. The molecule has 4 saturated carbocycles. The van der Waals surface area contributed by atoms with Crippen LogP contribution in [0.2, 0.25) is 0 Å². The summed E-state index contributed by atoms with van der Waals surface area (Å²) in [4.78, 5) is 23.5. The molecule has 4 heteroatoms.